The second-order valence-corrected chi connectivity index (χ2v) is 16.3. The predicted molar refractivity (Wildman–Crippen MR) is 179 cm³/mol. The summed E-state index contributed by atoms with van der Waals surface area (Å²) in [6.07, 6.45) is 3.99. The van der Waals surface area contributed by atoms with Crippen molar-refractivity contribution in [1.82, 2.24) is 9.80 Å². The molecule has 3 heterocycles. The van der Waals surface area contributed by atoms with Gasteiger partial charge in [0.25, 0.3) is 0 Å². The standard InChI is InChI=1S/C35H59BN2O7/c1-32(2,3)29-19-25(15-18-38(29)31(39)43-33(4,5)6)22-37-16-13-24(14-17-37)23-42-30-27(40-11)20-26(21-28(30)41-12)36-44-34(7,8)35(9,10)45-36/h20-21,24-25,29H,13-19,22-23H2,1-12H3. The molecule has 0 saturated carbocycles. The second kappa shape index (κ2) is 13.5. The zero-order valence-corrected chi connectivity index (χ0v) is 30.1. The van der Waals surface area contributed by atoms with Crippen LogP contribution in [0, 0.1) is 17.3 Å². The van der Waals surface area contributed by atoms with Crippen LogP contribution >= 0.6 is 0 Å². The number of benzene rings is 1. The SMILES string of the molecule is COc1cc(B2OC(C)(C)C(C)(C)O2)cc(OC)c1OCC1CCN(CC2CCN(C(=O)OC(C)(C)C)C(C(C)(C)C)C2)CC1. The van der Waals surface area contributed by atoms with Crippen molar-refractivity contribution >= 4 is 18.7 Å². The summed E-state index contributed by atoms with van der Waals surface area (Å²) in [4.78, 5) is 17.6. The summed E-state index contributed by atoms with van der Waals surface area (Å²) in [5.74, 6) is 2.87. The van der Waals surface area contributed by atoms with Crippen molar-refractivity contribution in [1.29, 1.82) is 0 Å². The minimum atomic E-state index is -0.514. The van der Waals surface area contributed by atoms with Crippen LogP contribution in [0.5, 0.6) is 17.2 Å². The lowest BCUT2D eigenvalue weighted by molar-refractivity contribution is -0.0190. The number of nitrogens with zero attached hydrogens (tertiary/aromatic N) is 2. The van der Waals surface area contributed by atoms with Crippen LogP contribution in [0.25, 0.3) is 0 Å². The number of rotatable bonds is 8. The first-order valence-electron chi connectivity index (χ1n) is 16.8. The van der Waals surface area contributed by atoms with E-state index >= 15 is 0 Å². The molecule has 1 aromatic carbocycles. The van der Waals surface area contributed by atoms with Gasteiger partial charge in [0.1, 0.15) is 5.60 Å². The van der Waals surface area contributed by atoms with Crippen LogP contribution in [0.4, 0.5) is 4.79 Å². The Bertz CT molecular complexity index is 1130. The van der Waals surface area contributed by atoms with Crippen LogP contribution in [-0.2, 0) is 14.0 Å². The summed E-state index contributed by atoms with van der Waals surface area (Å²) in [5, 5.41) is 0. The van der Waals surface area contributed by atoms with Crippen molar-refractivity contribution in [2.24, 2.45) is 17.3 Å². The Hall–Kier alpha value is -2.17. The highest BCUT2D eigenvalue weighted by atomic mass is 16.7. The molecule has 0 spiro atoms. The van der Waals surface area contributed by atoms with E-state index in [0.29, 0.717) is 35.7 Å². The van der Waals surface area contributed by atoms with Crippen LogP contribution in [0.15, 0.2) is 12.1 Å². The van der Waals surface area contributed by atoms with Gasteiger partial charge in [-0.1, -0.05) is 20.8 Å². The minimum Gasteiger partial charge on any atom is -0.493 e. The van der Waals surface area contributed by atoms with E-state index < -0.39 is 23.9 Å². The van der Waals surface area contributed by atoms with E-state index in [1.165, 1.54) is 0 Å². The Labute approximate surface area is 272 Å². The maximum atomic E-state index is 13.0. The number of carbonyl (C=O) groups is 1. The lowest BCUT2D eigenvalue weighted by atomic mass is 9.77. The highest BCUT2D eigenvalue weighted by Crippen LogP contribution is 2.41. The smallest absolute Gasteiger partial charge is 0.493 e. The Kier molecular flexibility index (Phi) is 10.7. The molecule has 3 aliphatic rings. The fourth-order valence-electron chi connectivity index (χ4n) is 6.62. The lowest BCUT2D eigenvalue weighted by Gasteiger charge is -2.47. The fourth-order valence-corrected chi connectivity index (χ4v) is 6.62. The van der Waals surface area contributed by atoms with Crippen molar-refractivity contribution in [3.05, 3.63) is 12.1 Å². The van der Waals surface area contributed by atoms with Crippen LogP contribution in [-0.4, -0.2) is 92.9 Å². The highest BCUT2D eigenvalue weighted by molar-refractivity contribution is 6.62. The Morgan fingerprint density at radius 2 is 1.42 bits per heavy atom. The molecule has 254 valence electrons. The number of ether oxygens (including phenoxy) is 4. The lowest BCUT2D eigenvalue weighted by Crippen LogP contribution is -2.54. The molecule has 1 aromatic rings. The maximum absolute atomic E-state index is 13.0. The molecule has 3 fully saturated rings. The summed E-state index contributed by atoms with van der Waals surface area (Å²) >= 11 is 0. The molecule has 4 rings (SSSR count). The normalized spacial score (nSPS) is 24.4. The summed E-state index contributed by atoms with van der Waals surface area (Å²) in [6.45, 7) is 25.2. The number of likely N-dealkylation sites (tertiary alicyclic amines) is 2. The summed E-state index contributed by atoms with van der Waals surface area (Å²) in [5.41, 5.74) is -0.529. The van der Waals surface area contributed by atoms with E-state index in [2.05, 4.69) is 25.7 Å². The van der Waals surface area contributed by atoms with E-state index in [0.717, 1.165) is 57.3 Å². The van der Waals surface area contributed by atoms with Crippen molar-refractivity contribution in [2.45, 2.75) is 118 Å². The molecule has 0 bridgehead atoms. The average Bonchev–Trinajstić information content (AvgIpc) is 3.17. The van der Waals surface area contributed by atoms with E-state index in [4.69, 9.17) is 28.3 Å². The molecule has 2 atom stereocenters. The number of amides is 1. The van der Waals surface area contributed by atoms with Gasteiger partial charge in [-0.2, -0.15) is 0 Å². The third-order valence-electron chi connectivity index (χ3n) is 10.0. The van der Waals surface area contributed by atoms with E-state index in [9.17, 15) is 4.79 Å². The van der Waals surface area contributed by atoms with Gasteiger partial charge < -0.3 is 38.1 Å². The summed E-state index contributed by atoms with van der Waals surface area (Å²) in [7, 11) is 2.78. The van der Waals surface area contributed by atoms with E-state index in [1.807, 2.05) is 65.5 Å². The zero-order valence-electron chi connectivity index (χ0n) is 30.1. The third-order valence-corrected chi connectivity index (χ3v) is 10.0. The van der Waals surface area contributed by atoms with E-state index in [1.54, 1.807) is 14.2 Å². The minimum absolute atomic E-state index is 0.00937. The quantitative estimate of drug-likeness (QED) is 0.317. The van der Waals surface area contributed by atoms with Crippen molar-refractivity contribution in [3.63, 3.8) is 0 Å². The van der Waals surface area contributed by atoms with Crippen molar-refractivity contribution in [3.8, 4) is 17.2 Å². The van der Waals surface area contributed by atoms with Crippen LogP contribution in [0.3, 0.4) is 0 Å². The number of hydrogen-bond acceptors (Lipinski definition) is 8. The van der Waals surface area contributed by atoms with Gasteiger partial charge in [0.2, 0.25) is 5.75 Å². The molecular formula is C35H59BN2O7. The molecule has 3 saturated heterocycles. The van der Waals surface area contributed by atoms with Gasteiger partial charge in [0, 0.05) is 19.1 Å². The average molecular weight is 631 g/mol. The summed E-state index contributed by atoms with van der Waals surface area (Å²) in [6, 6.07) is 4.03. The molecule has 0 radical (unpaired) electrons. The van der Waals surface area contributed by atoms with Crippen LogP contribution in [0.1, 0.15) is 94.9 Å². The molecule has 0 aliphatic carbocycles. The summed E-state index contributed by atoms with van der Waals surface area (Å²) < 4.78 is 36.2. The molecule has 10 heteroatoms. The van der Waals surface area contributed by atoms with Gasteiger partial charge in [0.05, 0.1) is 32.0 Å². The second-order valence-electron chi connectivity index (χ2n) is 16.3. The first-order valence-corrected chi connectivity index (χ1v) is 16.8. The van der Waals surface area contributed by atoms with Crippen molar-refractivity contribution < 1.29 is 33.1 Å². The Morgan fingerprint density at radius 1 is 0.889 bits per heavy atom. The van der Waals surface area contributed by atoms with Gasteiger partial charge in [0.15, 0.2) is 11.5 Å². The zero-order chi connectivity index (χ0) is 33.4. The van der Waals surface area contributed by atoms with Crippen LogP contribution in [0.2, 0.25) is 0 Å². The molecular weight excluding hydrogens is 571 g/mol. The van der Waals surface area contributed by atoms with Gasteiger partial charge in [-0.25, -0.2) is 4.79 Å². The Balaban J connectivity index is 1.31. The van der Waals surface area contributed by atoms with Gasteiger partial charge in [-0.05, 0) is 122 Å². The monoisotopic (exact) mass is 630 g/mol. The predicted octanol–water partition coefficient (Wildman–Crippen LogP) is 6.16. The topological polar surface area (TPSA) is 78.9 Å². The molecule has 9 nitrogen and oxygen atoms in total. The van der Waals surface area contributed by atoms with Gasteiger partial charge in [-0.3, -0.25) is 0 Å². The number of hydrogen-bond donors (Lipinski definition) is 0. The fraction of sp³-hybridized carbons (Fsp3) is 0.800. The molecule has 0 aromatic heterocycles. The van der Waals surface area contributed by atoms with Gasteiger partial charge in [-0.15, -0.1) is 0 Å². The molecule has 3 aliphatic heterocycles. The highest BCUT2D eigenvalue weighted by Gasteiger charge is 2.52. The Morgan fingerprint density at radius 3 is 1.91 bits per heavy atom. The van der Waals surface area contributed by atoms with E-state index in [-0.39, 0.29) is 17.6 Å². The van der Waals surface area contributed by atoms with Gasteiger partial charge >= 0.3 is 13.2 Å². The molecule has 0 N–H and O–H groups in total. The molecule has 2 unspecified atom stereocenters. The van der Waals surface area contributed by atoms with Crippen molar-refractivity contribution in [2.75, 3.05) is 47.0 Å². The first kappa shape index (κ1) is 35.7. The number of piperidine rings is 2. The largest absolute Gasteiger partial charge is 0.495 e. The molecule has 1 amide bonds. The first-order chi connectivity index (χ1) is 20.8. The van der Waals surface area contributed by atoms with Crippen LogP contribution < -0.4 is 19.7 Å². The third kappa shape index (κ3) is 8.60. The maximum Gasteiger partial charge on any atom is 0.495 e. The number of carbonyl (C=O) groups excluding carboxylic acids is 1. The number of methoxy groups -OCH3 is 2. The molecule has 45 heavy (non-hydrogen) atoms.